The maximum atomic E-state index is 13.5. The number of hydrogen-bond donors (Lipinski definition) is 0. The van der Waals surface area contributed by atoms with Crippen molar-refractivity contribution in [2.75, 3.05) is 0 Å². The van der Waals surface area contributed by atoms with Gasteiger partial charge in [0.2, 0.25) is 9.84 Å². The summed E-state index contributed by atoms with van der Waals surface area (Å²) in [6.45, 7) is 0. The molecule has 5 nitrogen and oxygen atoms in total. The first-order valence-corrected chi connectivity index (χ1v) is 16.1. The minimum Gasteiger partial charge on any atom is -0.218 e. The maximum Gasteiger partial charge on any atom is 0.207 e. The maximum absolute atomic E-state index is 13.5. The standard InChI is InChI=1S/C39H25N3O2S/c43-45(44)35-22-20-31(27-12-6-2-7-13-27)24-33(35)34-25-32(21-23-36(34)45)39-41-37(29-14-8-3-9-15-29)40-38(42-39)30-18-16-28(17-19-30)26-10-4-1-5-11-26/h1-25H. The van der Waals surface area contributed by atoms with Crippen LogP contribution in [0.15, 0.2) is 161 Å². The Balaban J connectivity index is 1.26. The van der Waals surface area contributed by atoms with Crippen molar-refractivity contribution in [3.8, 4) is 67.5 Å². The van der Waals surface area contributed by atoms with Crippen LogP contribution in [0.2, 0.25) is 0 Å². The van der Waals surface area contributed by atoms with E-state index in [-0.39, 0.29) is 0 Å². The fraction of sp³-hybridized carbons (Fsp3) is 0. The highest BCUT2D eigenvalue weighted by molar-refractivity contribution is 7.92. The Morgan fingerprint density at radius 1 is 0.333 bits per heavy atom. The van der Waals surface area contributed by atoms with E-state index in [1.54, 1.807) is 18.2 Å². The van der Waals surface area contributed by atoms with Crippen LogP contribution in [-0.4, -0.2) is 23.4 Å². The first-order chi connectivity index (χ1) is 22.0. The second-order valence-corrected chi connectivity index (χ2v) is 12.8. The van der Waals surface area contributed by atoms with Crippen LogP contribution in [-0.2, 0) is 9.84 Å². The zero-order valence-electron chi connectivity index (χ0n) is 24.0. The molecule has 6 heteroatoms. The van der Waals surface area contributed by atoms with Gasteiger partial charge in [0.1, 0.15) is 0 Å². The van der Waals surface area contributed by atoms with Gasteiger partial charge in [0, 0.05) is 27.8 Å². The van der Waals surface area contributed by atoms with Crippen LogP contribution in [0.1, 0.15) is 0 Å². The van der Waals surface area contributed by atoms with Crippen LogP contribution < -0.4 is 0 Å². The molecule has 0 saturated carbocycles. The van der Waals surface area contributed by atoms with E-state index >= 15 is 0 Å². The Bertz CT molecular complexity index is 2310. The van der Waals surface area contributed by atoms with E-state index in [0.29, 0.717) is 44.0 Å². The van der Waals surface area contributed by atoms with Crippen molar-refractivity contribution in [1.29, 1.82) is 0 Å². The molecule has 6 aromatic carbocycles. The van der Waals surface area contributed by atoms with Crippen molar-refractivity contribution >= 4 is 9.84 Å². The summed E-state index contributed by atoms with van der Waals surface area (Å²) in [6, 6.07) is 49.0. The zero-order chi connectivity index (χ0) is 30.4. The van der Waals surface area contributed by atoms with Gasteiger partial charge in [-0.2, -0.15) is 0 Å². The van der Waals surface area contributed by atoms with E-state index in [9.17, 15) is 8.42 Å². The Morgan fingerprint density at radius 3 is 1.20 bits per heavy atom. The number of nitrogens with zero attached hydrogens (tertiary/aromatic N) is 3. The quantitative estimate of drug-likeness (QED) is 0.197. The van der Waals surface area contributed by atoms with Gasteiger partial charge in [-0.05, 0) is 52.6 Å². The molecule has 7 aromatic rings. The number of hydrogen-bond acceptors (Lipinski definition) is 5. The molecule has 1 aromatic heterocycles. The average molecular weight is 600 g/mol. The molecule has 1 aliphatic rings. The molecule has 0 radical (unpaired) electrons. The van der Waals surface area contributed by atoms with E-state index in [4.69, 9.17) is 15.0 Å². The topological polar surface area (TPSA) is 72.8 Å². The van der Waals surface area contributed by atoms with Gasteiger partial charge < -0.3 is 0 Å². The summed E-state index contributed by atoms with van der Waals surface area (Å²) >= 11 is 0. The number of fused-ring (bicyclic) bond motifs is 3. The first kappa shape index (κ1) is 26.9. The molecule has 0 spiro atoms. The Morgan fingerprint density at radius 2 is 0.667 bits per heavy atom. The van der Waals surface area contributed by atoms with E-state index in [1.807, 2.05) is 109 Å². The summed E-state index contributed by atoms with van der Waals surface area (Å²) in [5.74, 6) is 1.56. The molecule has 214 valence electrons. The van der Waals surface area contributed by atoms with E-state index in [2.05, 4.69) is 24.3 Å². The second-order valence-electron chi connectivity index (χ2n) is 10.9. The smallest absolute Gasteiger partial charge is 0.207 e. The number of benzene rings is 6. The van der Waals surface area contributed by atoms with Gasteiger partial charge in [-0.25, -0.2) is 23.4 Å². The second kappa shape index (κ2) is 10.8. The fourth-order valence-corrected chi connectivity index (χ4v) is 7.46. The van der Waals surface area contributed by atoms with Crippen molar-refractivity contribution in [2.24, 2.45) is 0 Å². The van der Waals surface area contributed by atoms with Crippen molar-refractivity contribution in [3.05, 3.63) is 152 Å². The summed E-state index contributed by atoms with van der Waals surface area (Å²) in [5, 5.41) is 0. The lowest BCUT2D eigenvalue weighted by Crippen LogP contribution is -2.01. The highest BCUT2D eigenvalue weighted by Crippen LogP contribution is 2.46. The minimum atomic E-state index is -3.65. The SMILES string of the molecule is O=S1(=O)c2ccc(-c3ccccc3)cc2-c2cc(-c3nc(-c4ccccc4)nc(-c4ccc(-c5ccccc5)cc4)n3)ccc21. The Labute approximate surface area is 261 Å². The molecule has 45 heavy (non-hydrogen) atoms. The molecule has 8 rings (SSSR count). The molecule has 1 aliphatic heterocycles. The lowest BCUT2D eigenvalue weighted by atomic mass is 9.98. The number of aromatic nitrogens is 3. The molecule has 0 amide bonds. The van der Waals surface area contributed by atoms with Gasteiger partial charge in [0.25, 0.3) is 0 Å². The molecule has 0 saturated heterocycles. The van der Waals surface area contributed by atoms with Gasteiger partial charge >= 0.3 is 0 Å². The predicted octanol–water partition coefficient (Wildman–Crippen LogP) is 9.02. The summed E-state index contributed by atoms with van der Waals surface area (Å²) in [4.78, 5) is 15.3. The molecule has 2 heterocycles. The third-order valence-electron chi connectivity index (χ3n) is 8.11. The average Bonchev–Trinajstić information content (AvgIpc) is 3.34. The Hall–Kier alpha value is -5.72. The summed E-state index contributed by atoms with van der Waals surface area (Å²) in [5.41, 5.74) is 7.98. The first-order valence-electron chi connectivity index (χ1n) is 14.6. The van der Waals surface area contributed by atoms with E-state index in [1.165, 1.54) is 0 Å². The Kier molecular flexibility index (Phi) is 6.43. The van der Waals surface area contributed by atoms with Crippen LogP contribution >= 0.6 is 0 Å². The van der Waals surface area contributed by atoms with Crippen LogP contribution in [0.25, 0.3) is 67.5 Å². The summed E-state index contributed by atoms with van der Waals surface area (Å²) < 4.78 is 27.1. The van der Waals surface area contributed by atoms with E-state index in [0.717, 1.165) is 33.4 Å². The van der Waals surface area contributed by atoms with Crippen molar-refractivity contribution in [2.45, 2.75) is 9.79 Å². The van der Waals surface area contributed by atoms with Crippen LogP contribution in [0.4, 0.5) is 0 Å². The van der Waals surface area contributed by atoms with Gasteiger partial charge in [0.15, 0.2) is 17.5 Å². The van der Waals surface area contributed by atoms with Gasteiger partial charge in [-0.1, -0.05) is 121 Å². The monoisotopic (exact) mass is 599 g/mol. The van der Waals surface area contributed by atoms with Gasteiger partial charge in [-0.15, -0.1) is 0 Å². The third kappa shape index (κ3) is 4.82. The third-order valence-corrected chi connectivity index (χ3v) is 9.98. The van der Waals surface area contributed by atoms with Gasteiger partial charge in [0.05, 0.1) is 9.79 Å². The zero-order valence-corrected chi connectivity index (χ0v) is 24.8. The van der Waals surface area contributed by atoms with E-state index < -0.39 is 9.84 Å². The normalized spacial score (nSPS) is 12.8. The molecular weight excluding hydrogens is 575 g/mol. The molecule has 0 fully saturated rings. The number of sulfone groups is 1. The minimum absolute atomic E-state index is 0.292. The molecule has 0 bridgehead atoms. The molecule has 0 unspecified atom stereocenters. The van der Waals surface area contributed by atoms with Crippen LogP contribution in [0.3, 0.4) is 0 Å². The molecular formula is C39H25N3O2S. The largest absolute Gasteiger partial charge is 0.218 e. The van der Waals surface area contributed by atoms with Crippen molar-refractivity contribution in [3.63, 3.8) is 0 Å². The van der Waals surface area contributed by atoms with Gasteiger partial charge in [-0.3, -0.25) is 0 Å². The highest BCUT2D eigenvalue weighted by atomic mass is 32.2. The van der Waals surface area contributed by atoms with Crippen molar-refractivity contribution in [1.82, 2.24) is 15.0 Å². The fourth-order valence-electron chi connectivity index (χ4n) is 5.81. The lowest BCUT2D eigenvalue weighted by Gasteiger charge is -2.10. The molecule has 0 atom stereocenters. The lowest BCUT2D eigenvalue weighted by molar-refractivity contribution is 0.598. The molecule has 0 N–H and O–H groups in total. The van der Waals surface area contributed by atoms with Crippen LogP contribution in [0, 0.1) is 0 Å². The highest BCUT2D eigenvalue weighted by Gasteiger charge is 2.33. The number of rotatable bonds is 5. The van der Waals surface area contributed by atoms with Crippen LogP contribution in [0.5, 0.6) is 0 Å². The predicted molar refractivity (Wildman–Crippen MR) is 178 cm³/mol. The summed E-state index contributed by atoms with van der Waals surface area (Å²) in [7, 11) is -3.65. The van der Waals surface area contributed by atoms with Crippen molar-refractivity contribution < 1.29 is 8.42 Å². The molecule has 0 aliphatic carbocycles. The summed E-state index contributed by atoms with van der Waals surface area (Å²) in [6.07, 6.45) is 0.